The van der Waals surface area contributed by atoms with Crippen LogP contribution in [0.5, 0.6) is 0 Å². The van der Waals surface area contributed by atoms with E-state index in [1.165, 1.54) is 29.7 Å². The van der Waals surface area contributed by atoms with Gasteiger partial charge in [-0.25, -0.2) is 4.98 Å². The maximum atomic E-state index is 4.38. The van der Waals surface area contributed by atoms with Gasteiger partial charge in [0.25, 0.3) is 0 Å². The first-order valence-corrected chi connectivity index (χ1v) is 9.84. The minimum atomic E-state index is 0.221. The number of aromatic nitrogens is 1. The quantitative estimate of drug-likeness (QED) is 0.582. The Balaban J connectivity index is 1.60. The molecule has 1 saturated carbocycles. The molecule has 2 N–H and O–H groups in total. The number of nitrogens with one attached hydrogen (secondary N) is 2. The normalized spacial score (nSPS) is 16.5. The number of guanidine groups is 1. The second-order valence-corrected chi connectivity index (χ2v) is 8.52. The van der Waals surface area contributed by atoms with Gasteiger partial charge in [-0.15, -0.1) is 11.3 Å². The zero-order chi connectivity index (χ0) is 17.0. The van der Waals surface area contributed by atoms with Crippen LogP contribution in [0, 0.1) is 6.92 Å². The molecule has 0 radical (unpaired) electrons. The number of benzene rings is 1. The van der Waals surface area contributed by atoms with Crippen molar-refractivity contribution in [3.8, 4) is 0 Å². The molecule has 24 heavy (non-hydrogen) atoms. The van der Waals surface area contributed by atoms with Crippen LogP contribution in [-0.2, 0) is 12.0 Å². The summed E-state index contributed by atoms with van der Waals surface area (Å²) in [5, 5.41) is 7.95. The maximum Gasteiger partial charge on any atom is 0.191 e. The number of hydrogen-bond acceptors (Lipinski definition) is 3. The summed E-state index contributed by atoms with van der Waals surface area (Å²) in [6, 6.07) is 8.69. The fourth-order valence-electron chi connectivity index (χ4n) is 3.11. The van der Waals surface area contributed by atoms with Gasteiger partial charge >= 0.3 is 0 Å². The molecular weight excluding hydrogens is 384 g/mol. The number of aliphatic imine (C=N–C) groups is 1. The van der Waals surface area contributed by atoms with Crippen molar-refractivity contribution in [2.45, 2.75) is 38.1 Å². The van der Waals surface area contributed by atoms with Crippen LogP contribution in [0.4, 0.5) is 0 Å². The maximum absolute atomic E-state index is 4.38. The van der Waals surface area contributed by atoms with Gasteiger partial charge in [0, 0.05) is 34.6 Å². The first-order chi connectivity index (χ1) is 11.6. The zero-order valence-corrected chi connectivity index (χ0v) is 16.5. The Hall–Kier alpha value is -1.40. The molecule has 128 valence electrons. The van der Waals surface area contributed by atoms with Gasteiger partial charge < -0.3 is 10.6 Å². The van der Waals surface area contributed by atoms with Crippen molar-refractivity contribution in [3.05, 3.63) is 50.4 Å². The molecule has 1 aliphatic carbocycles. The molecule has 0 bridgehead atoms. The number of thiazole rings is 1. The van der Waals surface area contributed by atoms with Gasteiger partial charge in [0.1, 0.15) is 5.01 Å². The molecule has 4 nitrogen and oxygen atoms in total. The fourth-order valence-corrected chi connectivity index (χ4v) is 4.23. The van der Waals surface area contributed by atoms with Crippen LogP contribution in [0.2, 0.25) is 0 Å². The molecule has 1 aromatic carbocycles. The summed E-state index contributed by atoms with van der Waals surface area (Å²) in [5.74, 6) is 0.837. The van der Waals surface area contributed by atoms with E-state index in [2.05, 4.69) is 67.7 Å². The first kappa shape index (κ1) is 17.4. The molecule has 0 spiro atoms. The van der Waals surface area contributed by atoms with E-state index in [9.17, 15) is 0 Å². The standard InChI is InChI=1S/C18H23BrN4S/c1-13-10-21-16(24-13)11-22-17(20-2)23-12-18(7-4-8-18)14-5-3-6-15(19)9-14/h3,5-6,9-10H,4,7-8,11-12H2,1-2H3,(H2,20,22,23). The van der Waals surface area contributed by atoms with E-state index in [1.54, 1.807) is 11.3 Å². The highest BCUT2D eigenvalue weighted by Crippen LogP contribution is 2.43. The molecule has 6 heteroatoms. The van der Waals surface area contributed by atoms with E-state index in [0.29, 0.717) is 6.54 Å². The highest BCUT2D eigenvalue weighted by Gasteiger charge is 2.38. The van der Waals surface area contributed by atoms with Crippen LogP contribution < -0.4 is 10.6 Å². The largest absolute Gasteiger partial charge is 0.356 e. The summed E-state index contributed by atoms with van der Waals surface area (Å²) in [6.45, 7) is 3.69. The Morgan fingerprint density at radius 3 is 2.79 bits per heavy atom. The zero-order valence-electron chi connectivity index (χ0n) is 14.1. The lowest BCUT2D eigenvalue weighted by atomic mass is 9.64. The number of rotatable bonds is 5. The van der Waals surface area contributed by atoms with Crippen LogP contribution in [-0.4, -0.2) is 24.5 Å². The minimum Gasteiger partial charge on any atom is -0.356 e. The summed E-state index contributed by atoms with van der Waals surface area (Å²) in [5.41, 5.74) is 1.63. The molecule has 1 heterocycles. The Bertz CT molecular complexity index is 721. The Kier molecular flexibility index (Phi) is 5.56. The van der Waals surface area contributed by atoms with Crippen molar-refractivity contribution in [2.75, 3.05) is 13.6 Å². The Morgan fingerprint density at radius 1 is 1.38 bits per heavy atom. The second-order valence-electron chi connectivity index (χ2n) is 6.29. The lowest BCUT2D eigenvalue weighted by Crippen LogP contribution is -2.48. The third-order valence-corrected chi connectivity index (χ3v) is 6.05. The molecule has 1 fully saturated rings. The topological polar surface area (TPSA) is 49.3 Å². The molecule has 0 aliphatic heterocycles. The predicted molar refractivity (Wildman–Crippen MR) is 105 cm³/mol. The van der Waals surface area contributed by atoms with Gasteiger partial charge in [-0.1, -0.05) is 34.5 Å². The van der Waals surface area contributed by atoms with Crippen molar-refractivity contribution in [1.29, 1.82) is 0 Å². The highest BCUT2D eigenvalue weighted by atomic mass is 79.9. The molecular formula is C18H23BrN4S. The molecule has 2 aromatic rings. The van der Waals surface area contributed by atoms with E-state index in [1.807, 2.05) is 13.2 Å². The van der Waals surface area contributed by atoms with E-state index in [-0.39, 0.29) is 5.41 Å². The van der Waals surface area contributed by atoms with Gasteiger partial charge in [-0.3, -0.25) is 4.99 Å². The molecule has 0 amide bonds. The summed E-state index contributed by atoms with van der Waals surface area (Å²) < 4.78 is 1.15. The monoisotopic (exact) mass is 406 g/mol. The average molecular weight is 407 g/mol. The van der Waals surface area contributed by atoms with Crippen LogP contribution >= 0.6 is 27.3 Å². The summed E-state index contributed by atoms with van der Waals surface area (Å²) >= 11 is 5.31. The third-order valence-electron chi connectivity index (χ3n) is 4.64. The lowest BCUT2D eigenvalue weighted by Gasteiger charge is -2.43. The van der Waals surface area contributed by atoms with E-state index in [4.69, 9.17) is 0 Å². The molecule has 0 unspecified atom stereocenters. The lowest BCUT2D eigenvalue weighted by molar-refractivity contribution is 0.243. The third kappa shape index (κ3) is 3.98. The predicted octanol–water partition coefficient (Wildman–Crippen LogP) is 4.00. The highest BCUT2D eigenvalue weighted by molar-refractivity contribution is 9.10. The van der Waals surface area contributed by atoms with Crippen LogP contribution in [0.25, 0.3) is 0 Å². The van der Waals surface area contributed by atoms with Crippen molar-refractivity contribution >= 4 is 33.2 Å². The van der Waals surface area contributed by atoms with Gasteiger partial charge in [0.15, 0.2) is 5.96 Å². The summed E-state index contributed by atoms with van der Waals surface area (Å²) in [4.78, 5) is 9.96. The van der Waals surface area contributed by atoms with E-state index >= 15 is 0 Å². The number of aryl methyl sites for hydroxylation is 1. The molecule has 0 saturated heterocycles. The number of nitrogens with zero attached hydrogens (tertiary/aromatic N) is 2. The number of halogens is 1. The van der Waals surface area contributed by atoms with Crippen LogP contribution in [0.15, 0.2) is 39.9 Å². The van der Waals surface area contributed by atoms with Crippen molar-refractivity contribution in [2.24, 2.45) is 4.99 Å². The van der Waals surface area contributed by atoms with E-state index < -0.39 is 0 Å². The minimum absolute atomic E-state index is 0.221. The smallest absolute Gasteiger partial charge is 0.191 e. The fraction of sp³-hybridized carbons (Fsp3) is 0.444. The van der Waals surface area contributed by atoms with E-state index in [0.717, 1.165) is 22.0 Å². The van der Waals surface area contributed by atoms with Crippen molar-refractivity contribution < 1.29 is 0 Å². The van der Waals surface area contributed by atoms with Crippen molar-refractivity contribution in [1.82, 2.24) is 15.6 Å². The Labute approximate surface area is 155 Å². The summed E-state index contributed by atoms with van der Waals surface area (Å²) in [7, 11) is 1.81. The first-order valence-electron chi connectivity index (χ1n) is 8.23. The molecule has 3 rings (SSSR count). The van der Waals surface area contributed by atoms with Gasteiger partial charge in [-0.2, -0.15) is 0 Å². The summed E-state index contributed by atoms with van der Waals surface area (Å²) in [6.07, 6.45) is 5.64. The van der Waals surface area contributed by atoms with Gasteiger partial charge in [0.2, 0.25) is 0 Å². The number of hydrogen-bond donors (Lipinski definition) is 2. The van der Waals surface area contributed by atoms with Gasteiger partial charge in [0.05, 0.1) is 6.54 Å². The van der Waals surface area contributed by atoms with Crippen LogP contribution in [0.1, 0.15) is 34.7 Å². The SMILES string of the molecule is CN=C(NCc1ncc(C)s1)NCC1(c2cccc(Br)c2)CCC1. The average Bonchev–Trinajstić information content (AvgIpc) is 2.95. The molecule has 1 aliphatic rings. The second kappa shape index (κ2) is 7.66. The Morgan fingerprint density at radius 2 is 2.21 bits per heavy atom. The molecule has 1 aromatic heterocycles. The van der Waals surface area contributed by atoms with Crippen molar-refractivity contribution in [3.63, 3.8) is 0 Å². The molecule has 0 atom stereocenters. The van der Waals surface area contributed by atoms with Crippen LogP contribution in [0.3, 0.4) is 0 Å². The van der Waals surface area contributed by atoms with Gasteiger partial charge in [-0.05, 0) is 37.5 Å².